The van der Waals surface area contributed by atoms with Crippen molar-refractivity contribution in [3.05, 3.63) is 12.2 Å². The first-order valence-electron chi connectivity index (χ1n) is 9.27. The normalized spacial score (nSPS) is 52.7. The van der Waals surface area contributed by atoms with Gasteiger partial charge in [0.15, 0.2) is 0 Å². The van der Waals surface area contributed by atoms with Crippen LogP contribution in [0.25, 0.3) is 0 Å². The van der Waals surface area contributed by atoms with Crippen molar-refractivity contribution in [3.8, 4) is 0 Å². The molecule has 0 N–H and O–H groups in total. The predicted molar refractivity (Wildman–Crippen MR) is 84.1 cm³/mol. The van der Waals surface area contributed by atoms with Crippen molar-refractivity contribution in [3.63, 3.8) is 0 Å². The van der Waals surface area contributed by atoms with Crippen LogP contribution in [0.2, 0.25) is 0 Å². The molecule has 0 aromatic rings. The Kier molecular flexibility index (Phi) is 3.13. The summed E-state index contributed by atoms with van der Waals surface area (Å²) in [6.07, 6.45) is 5.88. The van der Waals surface area contributed by atoms with Crippen LogP contribution < -0.4 is 10.2 Å². The van der Waals surface area contributed by atoms with E-state index in [-0.39, 0.29) is 16.7 Å². The van der Waals surface area contributed by atoms with Crippen LogP contribution in [-0.2, 0) is 9.59 Å². The van der Waals surface area contributed by atoms with Crippen LogP contribution in [-0.4, -0.2) is 11.9 Å². The fourth-order valence-electron chi connectivity index (χ4n) is 7.86. The number of allylic oxidation sites excluding steroid dienone is 1. The van der Waals surface area contributed by atoms with Crippen LogP contribution in [0.1, 0.15) is 58.8 Å². The average Bonchev–Trinajstić information content (AvgIpc) is 2.87. The van der Waals surface area contributed by atoms with E-state index < -0.39 is 29.2 Å². The maximum atomic E-state index is 12.3. The summed E-state index contributed by atoms with van der Waals surface area (Å²) in [6.45, 7) is 8.08. The first kappa shape index (κ1) is 16.2. The fraction of sp³-hybridized carbons (Fsp3) is 0.800. The van der Waals surface area contributed by atoms with Gasteiger partial charge in [-0.25, -0.2) is 0 Å². The number of carbonyl (C=O) groups is 2. The van der Waals surface area contributed by atoms with Gasteiger partial charge in [-0.3, -0.25) is 0 Å². The van der Waals surface area contributed by atoms with Gasteiger partial charge in [0.1, 0.15) is 0 Å². The van der Waals surface area contributed by atoms with E-state index in [2.05, 4.69) is 13.5 Å². The highest BCUT2D eigenvalue weighted by molar-refractivity contribution is 5.77. The summed E-state index contributed by atoms with van der Waals surface area (Å²) < 4.78 is 0. The molecule has 4 nitrogen and oxygen atoms in total. The number of fused-ring (bicyclic) bond motifs is 3. The lowest BCUT2D eigenvalue weighted by atomic mass is 9.53. The Labute approximate surface area is 143 Å². The third-order valence-electron chi connectivity index (χ3n) is 8.54. The van der Waals surface area contributed by atoms with Crippen molar-refractivity contribution in [1.29, 1.82) is 0 Å². The van der Waals surface area contributed by atoms with Crippen LogP contribution in [0.4, 0.5) is 0 Å². The summed E-state index contributed by atoms with van der Waals surface area (Å²) in [5.74, 6) is -2.58. The van der Waals surface area contributed by atoms with Crippen LogP contribution in [0.5, 0.6) is 0 Å². The highest BCUT2D eigenvalue weighted by Gasteiger charge is 2.72. The molecule has 4 aliphatic rings. The van der Waals surface area contributed by atoms with E-state index in [0.29, 0.717) is 12.3 Å². The minimum Gasteiger partial charge on any atom is -0.550 e. The molecule has 24 heavy (non-hydrogen) atoms. The topological polar surface area (TPSA) is 80.3 Å². The van der Waals surface area contributed by atoms with Crippen LogP contribution in [0.15, 0.2) is 12.2 Å². The smallest absolute Gasteiger partial charge is 0.0476 e. The van der Waals surface area contributed by atoms with Gasteiger partial charge in [0.25, 0.3) is 0 Å². The molecule has 0 unspecified atom stereocenters. The molecule has 4 rings (SSSR count). The molecule has 2 bridgehead atoms. The van der Waals surface area contributed by atoms with Crippen LogP contribution >= 0.6 is 0 Å². The molecule has 1 spiro atoms. The van der Waals surface area contributed by atoms with Crippen molar-refractivity contribution in [2.45, 2.75) is 58.8 Å². The molecule has 132 valence electrons. The first-order valence-corrected chi connectivity index (χ1v) is 9.27. The Balaban J connectivity index is 1.93. The van der Waals surface area contributed by atoms with Crippen molar-refractivity contribution in [1.82, 2.24) is 0 Å². The molecular weight excluding hydrogens is 304 g/mol. The SMILES string of the molecule is C=C1C[C@]23C[C@H]1CC[C@H]2[C@]1(C)CCC[C@@](C)(C(=O)[O-])[C@H]1[C@@H]3C(=O)[O-]. The van der Waals surface area contributed by atoms with E-state index >= 15 is 0 Å². The van der Waals surface area contributed by atoms with Gasteiger partial charge in [0, 0.05) is 23.3 Å². The van der Waals surface area contributed by atoms with E-state index in [1.807, 2.05) is 0 Å². The second-order valence-corrected chi connectivity index (χ2v) is 9.44. The molecular formula is C20H26O4-2. The zero-order valence-corrected chi connectivity index (χ0v) is 14.6. The summed E-state index contributed by atoms with van der Waals surface area (Å²) in [6, 6.07) is 0. The van der Waals surface area contributed by atoms with Crippen molar-refractivity contribution < 1.29 is 19.8 Å². The van der Waals surface area contributed by atoms with Crippen LogP contribution in [0, 0.1) is 39.9 Å². The maximum absolute atomic E-state index is 12.3. The third kappa shape index (κ3) is 1.65. The summed E-state index contributed by atoms with van der Waals surface area (Å²) in [5, 5.41) is 24.4. The minimum atomic E-state index is -1.09. The molecule has 0 aromatic heterocycles. The fourth-order valence-corrected chi connectivity index (χ4v) is 7.86. The van der Waals surface area contributed by atoms with Gasteiger partial charge >= 0.3 is 0 Å². The van der Waals surface area contributed by atoms with Crippen LogP contribution in [0.3, 0.4) is 0 Å². The molecule has 4 heteroatoms. The Morgan fingerprint density at radius 1 is 1.17 bits per heavy atom. The maximum Gasteiger partial charge on any atom is 0.0476 e. The van der Waals surface area contributed by atoms with E-state index in [4.69, 9.17) is 0 Å². The van der Waals surface area contributed by atoms with Crippen molar-refractivity contribution >= 4 is 11.9 Å². The number of hydrogen-bond acceptors (Lipinski definition) is 4. The van der Waals surface area contributed by atoms with E-state index in [0.717, 1.165) is 38.5 Å². The van der Waals surface area contributed by atoms with E-state index in [1.54, 1.807) is 6.92 Å². The molecule has 4 aliphatic carbocycles. The van der Waals surface area contributed by atoms with Gasteiger partial charge in [-0.2, -0.15) is 0 Å². The Morgan fingerprint density at radius 2 is 1.88 bits per heavy atom. The van der Waals surface area contributed by atoms with Crippen molar-refractivity contribution in [2.24, 2.45) is 39.9 Å². The Hall–Kier alpha value is -1.32. The number of carbonyl (C=O) groups excluding carboxylic acids is 2. The molecule has 4 fully saturated rings. The first-order chi connectivity index (χ1) is 11.2. The van der Waals surface area contributed by atoms with E-state index in [9.17, 15) is 19.8 Å². The minimum absolute atomic E-state index is 0.257. The molecule has 0 amide bonds. The predicted octanol–water partition coefficient (Wildman–Crippen LogP) is 1.29. The quantitative estimate of drug-likeness (QED) is 0.715. The molecule has 4 saturated carbocycles. The molecule has 0 radical (unpaired) electrons. The highest BCUT2D eigenvalue weighted by atomic mass is 16.4. The van der Waals surface area contributed by atoms with Gasteiger partial charge in [-0.1, -0.05) is 32.4 Å². The van der Waals surface area contributed by atoms with E-state index in [1.165, 1.54) is 5.57 Å². The molecule has 0 saturated heterocycles. The van der Waals surface area contributed by atoms with Gasteiger partial charge in [-0.05, 0) is 67.1 Å². The monoisotopic (exact) mass is 330 g/mol. The zero-order chi connectivity index (χ0) is 17.5. The van der Waals surface area contributed by atoms with Gasteiger partial charge in [-0.15, -0.1) is 0 Å². The number of carboxylic acids is 2. The number of carboxylic acid groups (broad SMARTS) is 2. The van der Waals surface area contributed by atoms with Crippen molar-refractivity contribution in [2.75, 3.05) is 0 Å². The summed E-state index contributed by atoms with van der Waals surface area (Å²) in [7, 11) is 0. The average molecular weight is 330 g/mol. The number of hydrogen-bond donors (Lipinski definition) is 0. The third-order valence-corrected chi connectivity index (χ3v) is 8.54. The molecule has 7 atom stereocenters. The molecule has 0 heterocycles. The second kappa shape index (κ2) is 4.64. The number of rotatable bonds is 2. The van der Waals surface area contributed by atoms with Gasteiger partial charge in [0.05, 0.1) is 0 Å². The zero-order valence-electron chi connectivity index (χ0n) is 14.6. The lowest BCUT2D eigenvalue weighted by Gasteiger charge is -2.53. The second-order valence-electron chi connectivity index (χ2n) is 9.44. The summed E-state index contributed by atoms with van der Waals surface area (Å²) in [4.78, 5) is 24.4. The lowest BCUT2D eigenvalue weighted by molar-refractivity contribution is -0.331. The summed E-state index contributed by atoms with van der Waals surface area (Å²) in [5.41, 5.74) is -0.517. The Bertz CT molecular complexity index is 640. The largest absolute Gasteiger partial charge is 0.550 e. The summed E-state index contributed by atoms with van der Waals surface area (Å²) >= 11 is 0. The molecule has 0 aromatic carbocycles. The van der Waals surface area contributed by atoms with Gasteiger partial charge in [0.2, 0.25) is 0 Å². The van der Waals surface area contributed by atoms with Gasteiger partial charge < -0.3 is 19.8 Å². The Morgan fingerprint density at radius 3 is 2.50 bits per heavy atom. The lowest BCUT2D eigenvalue weighted by Crippen LogP contribution is -2.56. The molecule has 0 aliphatic heterocycles. The highest BCUT2D eigenvalue weighted by Crippen LogP contribution is 2.77. The number of aliphatic carboxylic acids is 2. The standard InChI is InChI=1S/C20H28O4/c1-11-9-20-10-12(11)5-6-13(20)18(2)7-4-8-19(3,17(23)24)15(18)14(20)16(21)22/h12-15H,1,4-10H2,2-3H3,(H,21,22)(H,23,24)/p-2/t12-,13+,14-,15+,18+,19-,20+/m1/s1.